The van der Waals surface area contributed by atoms with Gasteiger partial charge in [-0.3, -0.25) is 4.79 Å². The molecule has 1 aromatic heterocycles. The zero-order chi connectivity index (χ0) is 15.1. The number of aromatic nitrogens is 1. The number of Topliss-reactive ketones (excluding diaryl/α,β-unsaturated/α-hetero) is 1. The Morgan fingerprint density at radius 3 is 2.33 bits per heavy atom. The fraction of sp³-hybridized carbons (Fsp3) is 0.688. The molecular weight excluding hydrogens is 270 g/mol. The van der Waals surface area contributed by atoms with Crippen LogP contribution < -0.4 is 0 Å². The van der Waals surface area contributed by atoms with Crippen molar-refractivity contribution in [1.29, 1.82) is 0 Å². The van der Waals surface area contributed by atoms with Gasteiger partial charge in [-0.1, -0.05) is 50.1 Å². The van der Waals surface area contributed by atoms with Crippen LogP contribution in [-0.4, -0.2) is 22.0 Å². The first-order valence-electron chi connectivity index (χ1n) is 7.91. The summed E-state index contributed by atoms with van der Waals surface area (Å²) < 4.78 is 4.80. The smallest absolute Gasteiger partial charge is 0.374 e. The van der Waals surface area contributed by atoms with Crippen LogP contribution in [0.15, 0.2) is 10.6 Å². The molecule has 21 heavy (non-hydrogen) atoms. The molecule has 0 aliphatic heterocycles. The highest BCUT2D eigenvalue weighted by molar-refractivity contribution is 5.87. The van der Waals surface area contributed by atoms with Gasteiger partial charge in [0.2, 0.25) is 5.76 Å². The van der Waals surface area contributed by atoms with E-state index in [-0.39, 0.29) is 17.5 Å². The number of hydrogen-bond donors (Lipinski definition) is 1. The third kappa shape index (κ3) is 4.69. The quantitative estimate of drug-likeness (QED) is 0.893. The number of hydrogen-bond acceptors (Lipinski definition) is 4. The van der Waals surface area contributed by atoms with Crippen LogP contribution in [0.3, 0.4) is 0 Å². The summed E-state index contributed by atoms with van der Waals surface area (Å²) in [6.07, 6.45) is 10.3. The Hall–Kier alpha value is -1.65. The first-order chi connectivity index (χ1) is 10.2. The minimum Gasteiger partial charge on any atom is -0.475 e. The first-order valence-corrected chi connectivity index (χ1v) is 7.91. The summed E-state index contributed by atoms with van der Waals surface area (Å²) >= 11 is 0. The van der Waals surface area contributed by atoms with E-state index in [1.165, 1.54) is 31.7 Å². The van der Waals surface area contributed by atoms with E-state index in [4.69, 9.17) is 9.63 Å². The third-order valence-electron chi connectivity index (χ3n) is 4.15. The maximum absolute atomic E-state index is 12.4. The topological polar surface area (TPSA) is 80.4 Å². The third-order valence-corrected chi connectivity index (χ3v) is 4.15. The van der Waals surface area contributed by atoms with Gasteiger partial charge >= 0.3 is 5.97 Å². The van der Waals surface area contributed by atoms with Gasteiger partial charge in [-0.25, -0.2) is 4.79 Å². The summed E-state index contributed by atoms with van der Waals surface area (Å²) in [6, 6.07) is 1.40. The lowest BCUT2D eigenvalue weighted by atomic mass is 9.89. The van der Waals surface area contributed by atoms with Gasteiger partial charge in [0, 0.05) is 12.5 Å². The first kappa shape index (κ1) is 15.7. The van der Waals surface area contributed by atoms with E-state index in [0.29, 0.717) is 12.1 Å². The monoisotopic (exact) mass is 293 g/mol. The van der Waals surface area contributed by atoms with Gasteiger partial charge in [-0.2, -0.15) is 0 Å². The van der Waals surface area contributed by atoms with Crippen molar-refractivity contribution < 1.29 is 19.2 Å². The van der Waals surface area contributed by atoms with Gasteiger partial charge in [0.1, 0.15) is 5.78 Å². The summed E-state index contributed by atoms with van der Waals surface area (Å²) in [5.74, 6) is -1.47. The molecule has 1 N–H and O–H groups in total. The van der Waals surface area contributed by atoms with E-state index in [1.54, 1.807) is 0 Å². The van der Waals surface area contributed by atoms with E-state index in [1.807, 2.05) is 0 Å². The number of rotatable bonds is 2. The van der Waals surface area contributed by atoms with Crippen molar-refractivity contribution in [3.05, 3.63) is 17.5 Å². The van der Waals surface area contributed by atoms with E-state index < -0.39 is 5.97 Å². The Morgan fingerprint density at radius 1 is 1.10 bits per heavy atom. The van der Waals surface area contributed by atoms with E-state index in [0.717, 1.165) is 32.1 Å². The van der Waals surface area contributed by atoms with Crippen LogP contribution in [0.25, 0.3) is 0 Å². The zero-order valence-electron chi connectivity index (χ0n) is 12.3. The SMILES string of the molecule is O=C(O)c1cc(C2CCCCCCCCCCC2=O)no1. The van der Waals surface area contributed by atoms with E-state index >= 15 is 0 Å². The molecule has 0 spiro atoms. The molecule has 2 rings (SSSR count). The Balaban J connectivity index is 2.06. The molecule has 1 aliphatic carbocycles. The van der Waals surface area contributed by atoms with Crippen molar-refractivity contribution in [3.63, 3.8) is 0 Å². The molecule has 5 heteroatoms. The lowest BCUT2D eigenvalue weighted by Gasteiger charge is -2.14. The molecule has 1 aromatic rings. The van der Waals surface area contributed by atoms with Crippen molar-refractivity contribution in [2.24, 2.45) is 0 Å². The molecular formula is C16H23NO4. The Morgan fingerprint density at radius 2 is 1.71 bits per heavy atom. The number of carbonyl (C=O) groups excluding carboxylic acids is 1. The second-order valence-corrected chi connectivity index (χ2v) is 5.81. The lowest BCUT2D eigenvalue weighted by molar-refractivity contribution is -0.121. The van der Waals surface area contributed by atoms with Crippen LogP contribution in [0.4, 0.5) is 0 Å². The Labute approximate surface area is 124 Å². The summed E-state index contributed by atoms with van der Waals surface area (Å²) in [7, 11) is 0. The number of ketones is 1. The zero-order valence-corrected chi connectivity index (χ0v) is 12.3. The number of nitrogens with zero attached hydrogens (tertiary/aromatic N) is 1. The maximum Gasteiger partial charge on any atom is 0.374 e. The highest BCUT2D eigenvalue weighted by Gasteiger charge is 2.25. The Kier molecular flexibility index (Phi) is 5.96. The number of carbonyl (C=O) groups is 2. The minimum absolute atomic E-state index is 0.167. The molecule has 1 atom stereocenters. The summed E-state index contributed by atoms with van der Waals surface area (Å²) in [6.45, 7) is 0. The summed E-state index contributed by atoms with van der Waals surface area (Å²) in [5, 5.41) is 12.7. The average Bonchev–Trinajstić information content (AvgIpc) is 2.92. The fourth-order valence-electron chi connectivity index (χ4n) is 2.91. The van der Waals surface area contributed by atoms with Crippen LogP contribution in [0, 0.1) is 0 Å². The average molecular weight is 293 g/mol. The predicted octanol–water partition coefficient (Wildman–Crippen LogP) is 3.94. The van der Waals surface area contributed by atoms with E-state index in [9.17, 15) is 9.59 Å². The molecule has 0 aromatic carbocycles. The minimum atomic E-state index is -1.14. The number of aromatic carboxylic acids is 1. The van der Waals surface area contributed by atoms with Gasteiger partial charge in [0.25, 0.3) is 0 Å². The van der Waals surface area contributed by atoms with Crippen molar-refractivity contribution in [1.82, 2.24) is 5.16 Å². The molecule has 0 radical (unpaired) electrons. The largest absolute Gasteiger partial charge is 0.475 e. The second kappa shape index (κ2) is 7.96. The van der Waals surface area contributed by atoms with E-state index in [2.05, 4.69) is 5.16 Å². The highest BCUT2D eigenvalue weighted by atomic mass is 16.5. The van der Waals surface area contributed by atoms with Gasteiger partial charge in [0.05, 0.1) is 11.6 Å². The second-order valence-electron chi connectivity index (χ2n) is 5.81. The van der Waals surface area contributed by atoms with Crippen molar-refractivity contribution in [2.75, 3.05) is 0 Å². The molecule has 5 nitrogen and oxygen atoms in total. The number of carboxylic acids is 1. The highest BCUT2D eigenvalue weighted by Crippen LogP contribution is 2.27. The standard InChI is InChI=1S/C16H23NO4/c18-14-10-8-6-4-2-1-3-5-7-9-12(14)13-11-15(16(19)20)21-17-13/h11-12H,1-10H2,(H,19,20). The predicted molar refractivity (Wildman–Crippen MR) is 77.4 cm³/mol. The molecule has 1 unspecified atom stereocenters. The fourth-order valence-corrected chi connectivity index (χ4v) is 2.91. The normalized spacial score (nSPS) is 22.3. The summed E-state index contributed by atoms with van der Waals surface area (Å²) in [5.41, 5.74) is 0.481. The Bertz CT molecular complexity index is 480. The lowest BCUT2D eigenvalue weighted by Crippen LogP contribution is -2.13. The molecule has 1 heterocycles. The maximum atomic E-state index is 12.4. The molecule has 1 fully saturated rings. The van der Waals surface area contributed by atoms with Gasteiger partial charge in [-0.15, -0.1) is 0 Å². The van der Waals surface area contributed by atoms with Crippen LogP contribution in [0.1, 0.15) is 86.4 Å². The van der Waals surface area contributed by atoms with Crippen molar-refractivity contribution >= 4 is 11.8 Å². The number of carboxylic acid groups (broad SMARTS) is 1. The molecule has 0 amide bonds. The molecule has 1 saturated carbocycles. The van der Waals surface area contributed by atoms with Gasteiger partial charge in [0.15, 0.2) is 0 Å². The van der Waals surface area contributed by atoms with Crippen molar-refractivity contribution in [3.8, 4) is 0 Å². The van der Waals surface area contributed by atoms with Crippen LogP contribution >= 0.6 is 0 Å². The van der Waals surface area contributed by atoms with Gasteiger partial charge < -0.3 is 9.63 Å². The van der Waals surface area contributed by atoms with Crippen LogP contribution in [-0.2, 0) is 4.79 Å². The summed E-state index contributed by atoms with van der Waals surface area (Å²) in [4.78, 5) is 23.2. The molecule has 1 aliphatic rings. The van der Waals surface area contributed by atoms with Gasteiger partial charge in [-0.05, 0) is 12.8 Å². The molecule has 0 bridgehead atoms. The van der Waals surface area contributed by atoms with Crippen LogP contribution in [0.5, 0.6) is 0 Å². The van der Waals surface area contributed by atoms with Crippen molar-refractivity contribution in [2.45, 2.75) is 70.1 Å². The van der Waals surface area contributed by atoms with Crippen LogP contribution in [0.2, 0.25) is 0 Å². The molecule has 116 valence electrons. The molecule has 0 saturated heterocycles.